The molecular formula is C43H46ClF3N8O7. The number of methoxy groups -OCH3 is 1. The number of rotatable bonds is 14. The van der Waals surface area contributed by atoms with Gasteiger partial charge in [0.15, 0.2) is 11.6 Å². The number of ether oxygens (including phenoxy) is 3. The lowest BCUT2D eigenvalue weighted by molar-refractivity contribution is -0.154. The average molecular weight is 879 g/mol. The largest absolute Gasteiger partial charge is 0.460 e. The Morgan fingerprint density at radius 1 is 0.903 bits per heavy atom. The highest BCUT2D eigenvalue weighted by Gasteiger charge is 2.25. The zero-order valence-corrected chi connectivity index (χ0v) is 36.0. The molecule has 0 saturated carbocycles. The van der Waals surface area contributed by atoms with Crippen molar-refractivity contribution in [1.82, 2.24) is 34.2 Å². The summed E-state index contributed by atoms with van der Waals surface area (Å²) in [5.41, 5.74) is -2.43. The Bertz CT molecular complexity index is 2790. The van der Waals surface area contributed by atoms with Crippen molar-refractivity contribution in [3.8, 4) is 5.69 Å². The fourth-order valence-electron chi connectivity index (χ4n) is 6.75. The Morgan fingerprint density at radius 2 is 1.63 bits per heavy atom. The summed E-state index contributed by atoms with van der Waals surface area (Å²) in [6.07, 6.45) is 4.11. The van der Waals surface area contributed by atoms with E-state index in [1.54, 1.807) is 83.8 Å². The van der Waals surface area contributed by atoms with Crippen molar-refractivity contribution >= 4 is 57.0 Å². The maximum Gasteiger partial charge on any atom is 0.407 e. The lowest BCUT2D eigenvalue weighted by Crippen LogP contribution is -2.42. The molecule has 2 N–H and O–H groups in total. The van der Waals surface area contributed by atoms with Gasteiger partial charge in [-0.25, -0.2) is 32.1 Å². The number of anilines is 2. The second-order valence-corrected chi connectivity index (χ2v) is 16.8. The van der Waals surface area contributed by atoms with Crippen molar-refractivity contribution in [2.45, 2.75) is 85.1 Å². The van der Waals surface area contributed by atoms with Crippen LogP contribution in [-0.2, 0) is 44.9 Å². The number of pyridine rings is 1. The number of nitrogens with zero attached hydrogens (tertiary/aromatic N) is 6. The zero-order chi connectivity index (χ0) is 45.1. The molecule has 6 rings (SSSR count). The molecule has 0 aliphatic carbocycles. The molecule has 15 nitrogen and oxygen atoms in total. The number of hydrogen-bond acceptors (Lipinski definition) is 11. The number of aryl methyl sites for hydroxylation is 1. The summed E-state index contributed by atoms with van der Waals surface area (Å²) in [6, 6.07) is 7.67. The topological polar surface area (TPSA) is 173 Å². The number of aromatic nitrogens is 6. The third-order valence-corrected chi connectivity index (χ3v) is 9.62. The number of alkyl carbamates (subject to hydrolysis) is 1. The standard InChI is InChI=1S/C43H46ClF3N8O7/c1-42(2,3)61-35(56)12-11-24-9-8-10-25-20-48-21-34(36(24)25)55-39(57)51-38(54(41(55)59)22-26-17-31(46)32(47)19-30(26)45)50-37-27(13-14-49-40(58)62-43(4,5)6)28-23-53(15-16-60-7)52-33(28)18-29(37)44/h8-10,17-21,23H,11-16,22H2,1-7H3,(H,49,58)(H,50,51,57). The fourth-order valence-corrected chi connectivity index (χ4v) is 7.01. The van der Waals surface area contributed by atoms with E-state index in [4.69, 9.17) is 25.8 Å². The van der Waals surface area contributed by atoms with E-state index in [-0.39, 0.29) is 42.2 Å². The van der Waals surface area contributed by atoms with Gasteiger partial charge in [0, 0.05) is 60.3 Å². The van der Waals surface area contributed by atoms with Crippen molar-refractivity contribution in [2.24, 2.45) is 0 Å². The number of hydrogen-bond donors (Lipinski definition) is 2. The molecule has 0 aliphatic heterocycles. The summed E-state index contributed by atoms with van der Waals surface area (Å²) in [5, 5.41) is 11.9. The number of carbonyl (C=O) groups excluding carboxylic acids is 2. The summed E-state index contributed by atoms with van der Waals surface area (Å²) in [5.74, 6) is -4.90. The first-order valence-corrected chi connectivity index (χ1v) is 20.0. The first kappa shape index (κ1) is 45.3. The fraction of sp³-hybridized carbons (Fsp3) is 0.372. The molecule has 0 fully saturated rings. The Labute approximate surface area is 358 Å². The minimum absolute atomic E-state index is 0.00678. The van der Waals surface area contributed by atoms with Crippen LogP contribution in [0, 0.1) is 17.5 Å². The van der Waals surface area contributed by atoms with E-state index in [0.717, 1.165) is 9.13 Å². The van der Waals surface area contributed by atoms with Crippen LogP contribution in [0.1, 0.15) is 64.7 Å². The lowest BCUT2D eigenvalue weighted by Gasteiger charge is -2.21. The van der Waals surface area contributed by atoms with E-state index >= 15 is 4.39 Å². The quantitative estimate of drug-likeness (QED) is 0.0841. The van der Waals surface area contributed by atoms with Crippen molar-refractivity contribution in [3.63, 3.8) is 0 Å². The number of fused-ring (bicyclic) bond motifs is 2. The molecule has 328 valence electrons. The highest BCUT2D eigenvalue weighted by Crippen LogP contribution is 2.36. The highest BCUT2D eigenvalue weighted by molar-refractivity contribution is 6.34. The number of amides is 1. The summed E-state index contributed by atoms with van der Waals surface area (Å²) in [4.78, 5) is 62.9. The van der Waals surface area contributed by atoms with Crippen LogP contribution in [0.15, 0.2) is 64.6 Å². The van der Waals surface area contributed by atoms with E-state index in [0.29, 0.717) is 58.1 Å². The first-order chi connectivity index (χ1) is 29.2. The van der Waals surface area contributed by atoms with Gasteiger partial charge in [-0.2, -0.15) is 10.1 Å². The first-order valence-electron chi connectivity index (χ1n) is 19.6. The SMILES string of the molecule is COCCn1cc2c(CCNC(=O)OC(C)(C)C)c(Nc3nc(=O)n(-c4cncc5cccc(CCC(=O)OC(C)(C)C)c45)c(=O)n3Cc3cc(F)c(F)cc3F)c(Cl)cc2n1. The van der Waals surface area contributed by atoms with Gasteiger partial charge < -0.3 is 24.8 Å². The molecule has 3 aromatic heterocycles. The van der Waals surface area contributed by atoms with Gasteiger partial charge >= 0.3 is 23.4 Å². The van der Waals surface area contributed by atoms with Gasteiger partial charge in [-0.1, -0.05) is 29.8 Å². The molecule has 3 aromatic carbocycles. The van der Waals surface area contributed by atoms with Gasteiger partial charge in [-0.05, 0) is 77.6 Å². The maximum absolute atomic E-state index is 15.4. The van der Waals surface area contributed by atoms with E-state index in [1.165, 1.54) is 12.4 Å². The summed E-state index contributed by atoms with van der Waals surface area (Å²) in [6.45, 7) is 10.4. The van der Waals surface area contributed by atoms with Crippen LogP contribution in [0.3, 0.4) is 0 Å². The number of nitrogens with one attached hydrogen (secondary N) is 2. The van der Waals surface area contributed by atoms with Crippen LogP contribution in [-0.4, -0.2) is 72.4 Å². The Hall–Kier alpha value is -6.27. The van der Waals surface area contributed by atoms with E-state index in [9.17, 15) is 28.0 Å². The van der Waals surface area contributed by atoms with Crippen molar-refractivity contribution in [2.75, 3.05) is 25.6 Å². The molecular weight excluding hydrogens is 833 g/mol. The van der Waals surface area contributed by atoms with Crippen LogP contribution < -0.4 is 22.0 Å². The van der Waals surface area contributed by atoms with Crippen molar-refractivity contribution in [3.05, 3.63) is 115 Å². The molecule has 0 bridgehead atoms. The van der Waals surface area contributed by atoms with Crippen molar-refractivity contribution in [1.29, 1.82) is 0 Å². The molecule has 6 aromatic rings. The molecule has 1 amide bonds. The van der Waals surface area contributed by atoms with Crippen LogP contribution in [0.25, 0.3) is 27.4 Å². The van der Waals surface area contributed by atoms with Gasteiger partial charge in [0.2, 0.25) is 5.95 Å². The number of benzene rings is 3. The maximum atomic E-state index is 15.4. The van der Waals surface area contributed by atoms with Crippen LogP contribution in [0.5, 0.6) is 0 Å². The van der Waals surface area contributed by atoms with E-state index in [1.807, 2.05) is 0 Å². The second-order valence-electron chi connectivity index (χ2n) is 16.4. The Morgan fingerprint density at radius 3 is 2.34 bits per heavy atom. The van der Waals surface area contributed by atoms with Gasteiger partial charge in [0.05, 0.1) is 47.8 Å². The third kappa shape index (κ3) is 10.6. The highest BCUT2D eigenvalue weighted by atomic mass is 35.5. The molecule has 62 heavy (non-hydrogen) atoms. The predicted octanol–water partition coefficient (Wildman–Crippen LogP) is 7.14. The summed E-state index contributed by atoms with van der Waals surface area (Å²) < 4.78 is 63.5. The van der Waals surface area contributed by atoms with Crippen LogP contribution >= 0.6 is 11.6 Å². The Balaban J connectivity index is 1.52. The van der Waals surface area contributed by atoms with Gasteiger partial charge in [0.1, 0.15) is 17.0 Å². The van der Waals surface area contributed by atoms with Gasteiger partial charge in [-0.3, -0.25) is 19.0 Å². The van der Waals surface area contributed by atoms with E-state index in [2.05, 4.69) is 25.7 Å². The molecule has 3 heterocycles. The molecule has 0 unspecified atom stereocenters. The lowest BCUT2D eigenvalue weighted by atomic mass is 10.0. The zero-order valence-electron chi connectivity index (χ0n) is 35.2. The average Bonchev–Trinajstić information content (AvgIpc) is 3.58. The molecule has 0 spiro atoms. The third-order valence-electron chi connectivity index (χ3n) is 9.32. The summed E-state index contributed by atoms with van der Waals surface area (Å²) >= 11 is 6.91. The summed E-state index contributed by atoms with van der Waals surface area (Å²) in [7, 11) is 1.55. The van der Waals surface area contributed by atoms with Gasteiger partial charge in [0.25, 0.3) is 0 Å². The predicted molar refractivity (Wildman–Crippen MR) is 227 cm³/mol. The van der Waals surface area contributed by atoms with Crippen molar-refractivity contribution < 1.29 is 37.0 Å². The molecule has 0 saturated heterocycles. The number of carbonyl (C=O) groups is 2. The second kappa shape index (κ2) is 18.4. The minimum Gasteiger partial charge on any atom is -0.460 e. The monoisotopic (exact) mass is 878 g/mol. The molecule has 0 aliphatic rings. The number of halogens is 4. The minimum atomic E-state index is -1.45. The van der Waals surface area contributed by atoms with Crippen LogP contribution in [0.4, 0.5) is 29.6 Å². The normalized spacial score (nSPS) is 11.9. The van der Waals surface area contributed by atoms with E-state index < -0.39 is 70.2 Å². The molecule has 0 atom stereocenters. The van der Waals surface area contributed by atoms with Gasteiger partial charge in [-0.15, -0.1) is 0 Å². The molecule has 19 heteroatoms. The smallest absolute Gasteiger partial charge is 0.407 e. The van der Waals surface area contributed by atoms with Crippen LogP contribution in [0.2, 0.25) is 5.02 Å². The Kier molecular flexibility index (Phi) is 13.4. The molecule has 0 radical (unpaired) electrons. The number of esters is 1.